The second-order valence-electron chi connectivity index (χ2n) is 16.3. The number of rotatable bonds is 15. The van der Waals surface area contributed by atoms with Crippen LogP contribution in [0.5, 0.6) is 5.75 Å². The van der Waals surface area contributed by atoms with Gasteiger partial charge in [-0.1, -0.05) is 129 Å². The van der Waals surface area contributed by atoms with Crippen LogP contribution in [0, 0.1) is 5.41 Å². The van der Waals surface area contributed by atoms with Crippen molar-refractivity contribution in [3.8, 4) is 5.75 Å². The fraction of sp³-hybridized carbons (Fsp3) is 0.465. The van der Waals surface area contributed by atoms with E-state index in [9.17, 15) is 24.0 Å². The van der Waals surface area contributed by atoms with E-state index >= 15 is 0 Å². The molecular weight excluding hydrogens is 704 g/mol. The Morgan fingerprint density at radius 3 is 2.00 bits per heavy atom. The lowest BCUT2D eigenvalue weighted by atomic mass is 9.76. The molecule has 1 heterocycles. The molecule has 10 nitrogen and oxygen atoms in total. The first-order valence-electron chi connectivity index (χ1n) is 18.6. The summed E-state index contributed by atoms with van der Waals surface area (Å²) in [5.41, 5.74) is 2.10. The number of urea groups is 1. The van der Waals surface area contributed by atoms with Crippen molar-refractivity contribution in [3.63, 3.8) is 0 Å². The fourth-order valence-corrected chi connectivity index (χ4v) is 6.67. The maximum Gasteiger partial charge on any atom is 0.325 e. The van der Waals surface area contributed by atoms with Gasteiger partial charge in [0.25, 0.3) is 17.7 Å². The summed E-state index contributed by atoms with van der Waals surface area (Å²) < 4.78 is 6.43. The molecular formula is C43H55ClN4O6. The molecule has 11 heteroatoms. The monoisotopic (exact) mass is 758 g/mol. The first kappa shape index (κ1) is 42.0. The quantitative estimate of drug-likeness (QED) is 0.0809. The molecule has 3 atom stereocenters. The van der Waals surface area contributed by atoms with Gasteiger partial charge < -0.3 is 20.7 Å². The van der Waals surface area contributed by atoms with Crippen LogP contribution in [0.25, 0.3) is 0 Å². The molecule has 3 N–H and O–H groups in total. The van der Waals surface area contributed by atoms with Gasteiger partial charge in [0.05, 0.1) is 6.54 Å². The lowest BCUT2D eigenvalue weighted by molar-refractivity contribution is -0.140. The van der Waals surface area contributed by atoms with Crippen LogP contribution in [0.2, 0.25) is 0 Å². The first-order valence-corrected chi connectivity index (χ1v) is 19.0. The summed E-state index contributed by atoms with van der Waals surface area (Å²) in [4.78, 5) is 66.8. The zero-order valence-electron chi connectivity index (χ0n) is 33.2. The maximum atomic E-state index is 14.1. The van der Waals surface area contributed by atoms with Crippen LogP contribution >= 0.6 is 11.6 Å². The number of ether oxygens (including phenoxy) is 1. The number of benzene rings is 3. The van der Waals surface area contributed by atoms with Gasteiger partial charge in [-0.2, -0.15) is 0 Å². The zero-order chi connectivity index (χ0) is 40.2. The Morgan fingerprint density at radius 1 is 0.815 bits per heavy atom. The highest BCUT2D eigenvalue weighted by atomic mass is 35.5. The zero-order valence-corrected chi connectivity index (χ0v) is 33.9. The molecule has 3 unspecified atom stereocenters. The highest BCUT2D eigenvalue weighted by Gasteiger charge is 2.61. The number of halogens is 1. The molecule has 54 heavy (non-hydrogen) atoms. The average Bonchev–Trinajstić information content (AvgIpc) is 3.41. The Morgan fingerprint density at radius 2 is 1.43 bits per heavy atom. The van der Waals surface area contributed by atoms with Crippen molar-refractivity contribution in [3.05, 3.63) is 89.5 Å². The van der Waals surface area contributed by atoms with E-state index in [1.54, 1.807) is 63.2 Å². The predicted molar refractivity (Wildman–Crippen MR) is 214 cm³/mol. The molecule has 1 saturated heterocycles. The number of anilines is 2. The second kappa shape index (κ2) is 16.3. The van der Waals surface area contributed by atoms with Crippen molar-refractivity contribution >= 4 is 52.5 Å². The molecule has 1 aliphatic rings. The van der Waals surface area contributed by atoms with E-state index in [1.807, 2.05) is 19.1 Å². The summed E-state index contributed by atoms with van der Waals surface area (Å²) in [5.74, 6) is -2.28. The van der Waals surface area contributed by atoms with Gasteiger partial charge in [-0.15, -0.1) is 0 Å². The topological polar surface area (TPSA) is 134 Å². The molecule has 0 bridgehead atoms. The molecule has 0 saturated carbocycles. The smallest absolute Gasteiger partial charge is 0.325 e. The number of nitrogens with zero attached hydrogens (tertiary/aromatic N) is 1. The minimum Gasteiger partial charge on any atom is -0.480 e. The van der Waals surface area contributed by atoms with Gasteiger partial charge in [0, 0.05) is 22.4 Å². The summed E-state index contributed by atoms with van der Waals surface area (Å²) in [6.07, 6.45) is 1.41. The third-order valence-corrected chi connectivity index (χ3v) is 11.1. The number of amides is 5. The van der Waals surface area contributed by atoms with E-state index in [1.165, 1.54) is 11.6 Å². The third kappa shape index (κ3) is 8.97. The van der Waals surface area contributed by atoms with Crippen molar-refractivity contribution in [1.82, 2.24) is 10.2 Å². The summed E-state index contributed by atoms with van der Waals surface area (Å²) >= 11 is 6.96. The van der Waals surface area contributed by atoms with Crippen LogP contribution in [0.3, 0.4) is 0 Å². The minimum atomic E-state index is -2.50. The first-order chi connectivity index (χ1) is 25.2. The fourth-order valence-electron chi connectivity index (χ4n) is 6.19. The number of ketones is 1. The number of nitrogens with one attached hydrogen (secondary N) is 3. The number of imide groups is 1. The van der Waals surface area contributed by atoms with Crippen LogP contribution < -0.4 is 20.7 Å². The molecule has 290 valence electrons. The molecule has 1 aliphatic heterocycles. The molecule has 4 rings (SSSR count). The van der Waals surface area contributed by atoms with Crippen LogP contribution in [0.1, 0.15) is 105 Å². The van der Waals surface area contributed by atoms with E-state index in [0.717, 1.165) is 23.3 Å². The van der Waals surface area contributed by atoms with Crippen molar-refractivity contribution in [2.24, 2.45) is 5.41 Å². The van der Waals surface area contributed by atoms with E-state index in [2.05, 4.69) is 69.6 Å². The average molecular weight is 759 g/mol. The number of hydrogen-bond donors (Lipinski definition) is 3. The third-order valence-electron chi connectivity index (χ3n) is 10.5. The van der Waals surface area contributed by atoms with Gasteiger partial charge in [0.2, 0.25) is 4.87 Å². The Balaban J connectivity index is 1.57. The second-order valence-corrected chi connectivity index (χ2v) is 16.9. The summed E-state index contributed by atoms with van der Waals surface area (Å²) in [7, 11) is 0. The Labute approximate surface area is 324 Å². The molecule has 3 aromatic carbocycles. The van der Waals surface area contributed by atoms with Crippen molar-refractivity contribution in [2.75, 3.05) is 10.6 Å². The minimum absolute atomic E-state index is 0.0223. The van der Waals surface area contributed by atoms with Gasteiger partial charge >= 0.3 is 6.03 Å². The van der Waals surface area contributed by atoms with Gasteiger partial charge in [0.1, 0.15) is 11.8 Å². The van der Waals surface area contributed by atoms with E-state index < -0.39 is 46.1 Å². The highest BCUT2D eigenvalue weighted by molar-refractivity contribution is 6.51. The van der Waals surface area contributed by atoms with Gasteiger partial charge in [-0.3, -0.25) is 24.1 Å². The highest BCUT2D eigenvalue weighted by Crippen LogP contribution is 2.40. The maximum absolute atomic E-state index is 14.1. The van der Waals surface area contributed by atoms with Crippen LogP contribution in [-0.2, 0) is 36.6 Å². The normalized spacial score (nSPS) is 16.6. The van der Waals surface area contributed by atoms with Gasteiger partial charge in [0.15, 0.2) is 11.9 Å². The lowest BCUT2D eigenvalue weighted by Gasteiger charge is -2.34. The largest absolute Gasteiger partial charge is 0.480 e. The number of alkyl halides is 1. The number of carbonyl (C=O) groups is 5. The van der Waals surface area contributed by atoms with E-state index in [4.69, 9.17) is 16.3 Å². The number of carbonyl (C=O) groups excluding carboxylic acids is 5. The Kier molecular flexibility index (Phi) is 12.7. The van der Waals surface area contributed by atoms with Crippen LogP contribution in [-0.4, -0.2) is 51.5 Å². The molecule has 0 radical (unpaired) electrons. The van der Waals surface area contributed by atoms with Crippen LogP contribution in [0.4, 0.5) is 16.2 Å². The van der Waals surface area contributed by atoms with Crippen molar-refractivity contribution in [1.29, 1.82) is 0 Å². The molecule has 0 spiro atoms. The van der Waals surface area contributed by atoms with Crippen molar-refractivity contribution < 1.29 is 28.7 Å². The summed E-state index contributed by atoms with van der Waals surface area (Å²) in [5, 5.41) is 8.05. The lowest BCUT2D eigenvalue weighted by Crippen LogP contribution is -2.62. The Hall–Kier alpha value is -4.70. The predicted octanol–water partition coefficient (Wildman–Crippen LogP) is 8.51. The summed E-state index contributed by atoms with van der Waals surface area (Å²) in [6.45, 7) is 19.6. The molecule has 3 aromatic rings. The summed E-state index contributed by atoms with van der Waals surface area (Å²) in [6, 6.07) is 19.0. The van der Waals surface area contributed by atoms with Crippen molar-refractivity contribution in [2.45, 2.75) is 123 Å². The number of hydrogen-bond acceptors (Lipinski definition) is 6. The van der Waals surface area contributed by atoms with Gasteiger partial charge in [-0.05, 0) is 65.5 Å². The number of Topliss-reactive ketones (excluding diaryl/α,β-unsaturated/α-hetero) is 1. The molecule has 1 fully saturated rings. The Bertz CT molecular complexity index is 1890. The van der Waals surface area contributed by atoms with Crippen LogP contribution in [0.15, 0.2) is 72.8 Å². The molecule has 0 aliphatic carbocycles. The van der Waals surface area contributed by atoms with Gasteiger partial charge in [-0.25, -0.2) is 4.79 Å². The van der Waals surface area contributed by atoms with E-state index in [0.29, 0.717) is 23.4 Å². The molecule has 0 aromatic heterocycles. The SMILES string of the molecule is CCC(Oc1ccc(C(C)(C)CC)cc1C(C)(C)CC)C(=O)Nc1cccc(NC(=O)C(Cl)(C(=O)C(C)(C)C)C2NC(=O)N(Cc3ccccc3)C2=O)c1. The van der Waals surface area contributed by atoms with E-state index in [-0.39, 0.29) is 29.0 Å². The molecule has 5 amide bonds. The standard InChI is InChI=1S/C43H55ClN4O6/c1-11-32(54-33-23-22-28(41(7,8)12-2)24-31(33)42(9,10)13-3)35(49)45-29-20-17-21-30(25-29)46-38(52)43(44,37(51)40(4,5)6)34-36(50)48(39(53)47-34)26-27-18-15-14-16-19-27/h14-25,32,34H,11-13,26H2,1-10H3,(H,45,49)(H,46,52)(H,47,53).